The van der Waals surface area contributed by atoms with E-state index in [2.05, 4.69) is 0 Å². The van der Waals surface area contributed by atoms with Crippen LogP contribution in [0.2, 0.25) is 0 Å². The van der Waals surface area contributed by atoms with Gasteiger partial charge in [-0.05, 0) is 26.0 Å². The van der Waals surface area contributed by atoms with Crippen LogP contribution in [0.15, 0.2) is 18.2 Å². The Morgan fingerprint density at radius 1 is 1.08 bits per heavy atom. The van der Waals surface area contributed by atoms with Gasteiger partial charge in [-0.3, -0.25) is 0 Å². The first kappa shape index (κ1) is 20.5. The molecule has 0 saturated heterocycles. The molecule has 1 rings (SSSR count). The third-order valence-corrected chi connectivity index (χ3v) is 3.59. The van der Waals surface area contributed by atoms with E-state index < -0.39 is 31.0 Å². The summed E-state index contributed by atoms with van der Waals surface area (Å²) in [6, 6.07) is 5.13. The lowest BCUT2D eigenvalue weighted by molar-refractivity contribution is -0.112. The predicted molar refractivity (Wildman–Crippen MR) is 91.0 cm³/mol. The Morgan fingerprint density at radius 2 is 1.67 bits per heavy atom. The molecule has 0 heterocycles. The molecule has 0 fully saturated rings. The maximum Gasteiger partial charge on any atom is 0.144 e. The highest BCUT2D eigenvalue weighted by molar-refractivity contribution is 5.62. The van der Waals surface area contributed by atoms with Crippen LogP contribution in [0.3, 0.4) is 0 Å². The van der Waals surface area contributed by atoms with E-state index in [-0.39, 0.29) is 12.6 Å². The van der Waals surface area contributed by atoms with Gasteiger partial charge in [-0.1, -0.05) is 0 Å². The topological polar surface area (TPSA) is 140 Å². The number of hydrogen-bond acceptors (Lipinski definition) is 8. The van der Waals surface area contributed by atoms with Gasteiger partial charge in [0.1, 0.15) is 24.1 Å². The van der Waals surface area contributed by atoms with Crippen molar-refractivity contribution in [2.24, 2.45) is 0 Å². The predicted octanol–water partition coefficient (Wildman–Crippen LogP) is -1.07. The molecule has 8 heteroatoms. The minimum absolute atomic E-state index is 0.0125. The van der Waals surface area contributed by atoms with E-state index >= 15 is 0 Å². The average Bonchev–Trinajstić information content (AvgIpc) is 2.53. The van der Waals surface area contributed by atoms with Crippen LogP contribution in [0.1, 0.15) is 13.8 Å². The van der Waals surface area contributed by atoms with Crippen LogP contribution in [0.4, 0.5) is 11.4 Å². The molecule has 1 aromatic carbocycles. The second-order valence-electron chi connectivity index (χ2n) is 6.07. The molecular formula is C16H28N2O6. The zero-order valence-electron chi connectivity index (χ0n) is 14.2. The lowest BCUT2D eigenvalue weighted by Crippen LogP contribution is -2.49. The van der Waals surface area contributed by atoms with Crippen LogP contribution < -0.4 is 15.4 Å². The molecule has 0 radical (unpaired) electrons. The highest BCUT2D eigenvalue weighted by atomic mass is 16.5. The van der Waals surface area contributed by atoms with Crippen LogP contribution in [0.5, 0.6) is 5.75 Å². The summed E-state index contributed by atoms with van der Waals surface area (Å²) in [6.45, 7) is 3.03. The summed E-state index contributed by atoms with van der Waals surface area (Å²) >= 11 is 0. The van der Waals surface area contributed by atoms with Gasteiger partial charge in [-0.15, -0.1) is 0 Å². The minimum Gasteiger partial charge on any atom is -0.489 e. The molecule has 0 amide bonds. The van der Waals surface area contributed by atoms with Gasteiger partial charge in [0.05, 0.1) is 24.5 Å². The summed E-state index contributed by atoms with van der Waals surface area (Å²) in [7, 11) is 1.69. The Morgan fingerprint density at radius 3 is 2.21 bits per heavy atom. The Bertz CT molecular complexity index is 513. The molecular weight excluding hydrogens is 316 g/mol. The van der Waals surface area contributed by atoms with E-state index in [9.17, 15) is 20.4 Å². The van der Waals surface area contributed by atoms with Gasteiger partial charge in [-0.2, -0.15) is 0 Å². The van der Waals surface area contributed by atoms with E-state index in [0.717, 1.165) is 0 Å². The van der Waals surface area contributed by atoms with E-state index in [1.807, 2.05) is 13.8 Å². The minimum atomic E-state index is -1.65. The Labute approximate surface area is 141 Å². The maximum absolute atomic E-state index is 10.0. The first-order chi connectivity index (χ1) is 11.2. The molecule has 0 aliphatic heterocycles. The van der Waals surface area contributed by atoms with Crippen molar-refractivity contribution >= 4 is 11.4 Å². The van der Waals surface area contributed by atoms with Crippen molar-refractivity contribution < 1.29 is 30.3 Å². The zero-order chi connectivity index (χ0) is 18.4. The SMILES string of the molecule is CC(C)Oc1cc(N(C)CC(O)C(O)C(O)C(O)CO)ccc1N. The van der Waals surface area contributed by atoms with Crippen molar-refractivity contribution in [3.05, 3.63) is 18.2 Å². The molecule has 0 saturated carbocycles. The van der Waals surface area contributed by atoms with Crippen molar-refractivity contribution in [1.29, 1.82) is 0 Å². The highest BCUT2D eigenvalue weighted by Gasteiger charge is 2.30. The molecule has 0 spiro atoms. The van der Waals surface area contributed by atoms with Gasteiger partial charge in [-0.25, -0.2) is 0 Å². The second kappa shape index (κ2) is 9.05. The van der Waals surface area contributed by atoms with Gasteiger partial charge in [0.25, 0.3) is 0 Å². The smallest absolute Gasteiger partial charge is 0.144 e. The normalized spacial score (nSPS) is 16.5. The maximum atomic E-state index is 10.0. The number of nitrogens with two attached hydrogens (primary N) is 1. The molecule has 0 bridgehead atoms. The first-order valence-corrected chi connectivity index (χ1v) is 7.77. The number of anilines is 2. The molecule has 0 aromatic heterocycles. The van der Waals surface area contributed by atoms with Crippen LogP contribution in [-0.4, -0.2) is 76.3 Å². The van der Waals surface area contributed by atoms with E-state index in [4.69, 9.17) is 15.6 Å². The highest BCUT2D eigenvalue weighted by Crippen LogP contribution is 2.28. The molecule has 138 valence electrons. The molecule has 4 atom stereocenters. The Kier molecular flexibility index (Phi) is 7.71. The second-order valence-corrected chi connectivity index (χ2v) is 6.07. The standard InChI is InChI=1S/C16H28N2O6/c1-9(2)24-14-6-10(4-5-11(14)17)18(3)7-12(20)15(22)16(23)13(21)8-19/h4-6,9,12-13,15-16,19-23H,7-8,17H2,1-3H3. The van der Waals surface area contributed by atoms with E-state index in [1.165, 1.54) is 0 Å². The number of benzene rings is 1. The average molecular weight is 344 g/mol. The van der Waals surface area contributed by atoms with Crippen molar-refractivity contribution in [3.63, 3.8) is 0 Å². The Balaban J connectivity index is 2.78. The molecule has 0 aliphatic carbocycles. The van der Waals surface area contributed by atoms with Crippen molar-refractivity contribution in [2.75, 3.05) is 30.8 Å². The third kappa shape index (κ3) is 5.50. The molecule has 0 aliphatic rings. The summed E-state index contributed by atoms with van der Waals surface area (Å²) in [5.41, 5.74) is 7.04. The molecule has 8 nitrogen and oxygen atoms in total. The van der Waals surface area contributed by atoms with Crippen molar-refractivity contribution in [3.8, 4) is 5.75 Å². The Hall–Kier alpha value is -1.58. The fourth-order valence-electron chi connectivity index (χ4n) is 2.17. The monoisotopic (exact) mass is 344 g/mol. The molecule has 4 unspecified atom stereocenters. The number of aliphatic hydroxyl groups is 5. The quantitative estimate of drug-likeness (QED) is 0.311. The molecule has 7 N–H and O–H groups in total. The first-order valence-electron chi connectivity index (χ1n) is 7.77. The van der Waals surface area contributed by atoms with Gasteiger partial charge in [0, 0.05) is 25.3 Å². The number of nitrogen functional groups attached to an aromatic ring is 1. The number of ether oxygens (including phenoxy) is 1. The number of nitrogens with zero attached hydrogens (tertiary/aromatic N) is 1. The van der Waals surface area contributed by atoms with E-state index in [0.29, 0.717) is 17.1 Å². The summed E-state index contributed by atoms with van der Waals surface area (Å²) < 4.78 is 5.61. The lowest BCUT2D eigenvalue weighted by atomic mass is 10.0. The van der Waals surface area contributed by atoms with Crippen LogP contribution in [-0.2, 0) is 0 Å². The fraction of sp³-hybridized carbons (Fsp3) is 0.625. The van der Waals surface area contributed by atoms with Gasteiger partial charge in [0.15, 0.2) is 0 Å². The fourth-order valence-corrected chi connectivity index (χ4v) is 2.17. The van der Waals surface area contributed by atoms with Crippen molar-refractivity contribution in [2.45, 2.75) is 44.4 Å². The van der Waals surface area contributed by atoms with Crippen LogP contribution in [0.25, 0.3) is 0 Å². The third-order valence-electron chi connectivity index (χ3n) is 3.59. The number of hydrogen-bond donors (Lipinski definition) is 6. The number of aliphatic hydroxyl groups excluding tert-OH is 5. The summed E-state index contributed by atoms with van der Waals surface area (Å²) in [5.74, 6) is 0.514. The molecule has 24 heavy (non-hydrogen) atoms. The van der Waals surface area contributed by atoms with Gasteiger partial charge < -0.3 is 40.9 Å². The zero-order valence-corrected chi connectivity index (χ0v) is 14.2. The molecule has 1 aromatic rings. The number of rotatable bonds is 9. The lowest BCUT2D eigenvalue weighted by Gasteiger charge is -2.29. The van der Waals surface area contributed by atoms with E-state index in [1.54, 1.807) is 30.1 Å². The van der Waals surface area contributed by atoms with Crippen LogP contribution >= 0.6 is 0 Å². The number of likely N-dealkylation sites (N-methyl/N-ethyl adjacent to an activating group) is 1. The van der Waals surface area contributed by atoms with Crippen LogP contribution in [0, 0.1) is 0 Å². The van der Waals surface area contributed by atoms with Gasteiger partial charge in [0.2, 0.25) is 0 Å². The summed E-state index contributed by atoms with van der Waals surface area (Å²) in [4.78, 5) is 1.65. The largest absolute Gasteiger partial charge is 0.489 e. The summed E-state index contributed by atoms with van der Waals surface area (Å²) in [5, 5.41) is 47.7. The van der Waals surface area contributed by atoms with Gasteiger partial charge >= 0.3 is 0 Å². The summed E-state index contributed by atoms with van der Waals surface area (Å²) in [6.07, 6.45) is -6.16. The van der Waals surface area contributed by atoms with Crippen molar-refractivity contribution in [1.82, 2.24) is 0 Å².